The summed E-state index contributed by atoms with van der Waals surface area (Å²) >= 11 is 3.55. The van der Waals surface area contributed by atoms with E-state index in [-0.39, 0.29) is 5.41 Å². The van der Waals surface area contributed by atoms with Crippen LogP contribution in [0.15, 0.2) is 28.7 Å². The second-order valence-electron chi connectivity index (χ2n) is 6.00. The Kier molecular flexibility index (Phi) is 4.09. The van der Waals surface area contributed by atoms with E-state index in [1.165, 1.54) is 0 Å². The lowest BCUT2D eigenvalue weighted by Gasteiger charge is -2.16. The maximum absolute atomic E-state index is 6.16. The number of hydrogen-bond acceptors (Lipinski definition) is 3. The van der Waals surface area contributed by atoms with E-state index in [2.05, 4.69) is 41.8 Å². The molecule has 1 aromatic heterocycles. The quantitative estimate of drug-likeness (QED) is 0.926. The number of halogens is 1. The molecule has 108 valence electrons. The van der Waals surface area contributed by atoms with Gasteiger partial charge < -0.3 is 10.5 Å². The fraction of sp³-hybridized carbons (Fsp3) is 0.400. The maximum Gasteiger partial charge on any atom is 0.141 e. The van der Waals surface area contributed by atoms with Crippen LogP contribution < -0.4 is 10.5 Å². The van der Waals surface area contributed by atoms with Crippen molar-refractivity contribution >= 4 is 21.7 Å². The number of benzene rings is 1. The minimum absolute atomic E-state index is 0.155. The number of rotatable bonds is 3. The van der Waals surface area contributed by atoms with Crippen molar-refractivity contribution < 1.29 is 4.74 Å². The first-order valence-electron chi connectivity index (χ1n) is 6.49. The summed E-state index contributed by atoms with van der Waals surface area (Å²) in [4.78, 5) is 0. The molecule has 1 heterocycles. The van der Waals surface area contributed by atoms with Gasteiger partial charge in [0.2, 0.25) is 0 Å². The SMILES string of the molecule is COc1cccc(-n2nc(CC(C)(C)C)c(Br)c2N)c1. The van der Waals surface area contributed by atoms with E-state index < -0.39 is 0 Å². The van der Waals surface area contributed by atoms with Gasteiger partial charge in [0.25, 0.3) is 0 Å². The molecule has 2 N–H and O–H groups in total. The third kappa shape index (κ3) is 3.15. The van der Waals surface area contributed by atoms with E-state index in [4.69, 9.17) is 10.5 Å². The van der Waals surface area contributed by atoms with Crippen molar-refractivity contribution in [2.24, 2.45) is 5.41 Å². The van der Waals surface area contributed by atoms with Crippen LogP contribution in [0.4, 0.5) is 5.82 Å². The molecule has 0 saturated heterocycles. The molecule has 5 heteroatoms. The van der Waals surface area contributed by atoms with Crippen LogP contribution in [0.1, 0.15) is 26.5 Å². The van der Waals surface area contributed by atoms with Gasteiger partial charge in [0.1, 0.15) is 11.6 Å². The zero-order chi connectivity index (χ0) is 14.9. The van der Waals surface area contributed by atoms with E-state index in [9.17, 15) is 0 Å². The van der Waals surface area contributed by atoms with Gasteiger partial charge in [-0.2, -0.15) is 5.10 Å². The molecule has 0 radical (unpaired) electrons. The molecule has 0 unspecified atom stereocenters. The molecule has 0 bridgehead atoms. The molecular formula is C15H20BrN3O. The third-order valence-electron chi connectivity index (χ3n) is 2.92. The van der Waals surface area contributed by atoms with E-state index >= 15 is 0 Å². The number of methoxy groups -OCH3 is 1. The molecule has 0 aliphatic rings. The highest BCUT2D eigenvalue weighted by atomic mass is 79.9. The van der Waals surface area contributed by atoms with Crippen LogP contribution in [0.25, 0.3) is 5.69 Å². The number of anilines is 1. The Hall–Kier alpha value is -1.49. The molecule has 0 aliphatic heterocycles. The second-order valence-corrected chi connectivity index (χ2v) is 6.79. The molecule has 0 atom stereocenters. The summed E-state index contributed by atoms with van der Waals surface area (Å²) in [7, 11) is 1.65. The molecule has 0 amide bonds. The summed E-state index contributed by atoms with van der Waals surface area (Å²) in [5.74, 6) is 1.39. The Labute approximate surface area is 128 Å². The number of nitrogen functional groups attached to an aromatic ring is 1. The van der Waals surface area contributed by atoms with Crippen molar-refractivity contribution in [1.82, 2.24) is 9.78 Å². The summed E-state index contributed by atoms with van der Waals surface area (Å²) < 4.78 is 7.85. The molecule has 0 fully saturated rings. The summed E-state index contributed by atoms with van der Waals surface area (Å²) in [6, 6.07) is 7.69. The van der Waals surface area contributed by atoms with Gasteiger partial charge in [-0.3, -0.25) is 0 Å². The van der Waals surface area contributed by atoms with Crippen molar-refractivity contribution in [3.05, 3.63) is 34.4 Å². The molecule has 20 heavy (non-hydrogen) atoms. The van der Waals surface area contributed by atoms with E-state index in [1.54, 1.807) is 11.8 Å². The van der Waals surface area contributed by atoms with Gasteiger partial charge in [0, 0.05) is 6.07 Å². The highest BCUT2D eigenvalue weighted by Crippen LogP contribution is 2.31. The minimum atomic E-state index is 0.155. The number of ether oxygens (including phenoxy) is 1. The predicted octanol–water partition coefficient (Wildman–Crippen LogP) is 3.81. The Bertz CT molecular complexity index is 614. The number of hydrogen-bond donors (Lipinski definition) is 1. The monoisotopic (exact) mass is 337 g/mol. The summed E-state index contributed by atoms with van der Waals surface area (Å²) in [5, 5.41) is 4.63. The van der Waals surface area contributed by atoms with Crippen LogP contribution in [0.5, 0.6) is 5.75 Å². The van der Waals surface area contributed by atoms with Crippen molar-refractivity contribution in [2.45, 2.75) is 27.2 Å². The van der Waals surface area contributed by atoms with Crippen molar-refractivity contribution in [3.63, 3.8) is 0 Å². The van der Waals surface area contributed by atoms with Gasteiger partial charge in [-0.05, 0) is 39.9 Å². The zero-order valence-electron chi connectivity index (χ0n) is 12.3. The Balaban J connectivity index is 2.44. The normalized spacial score (nSPS) is 11.7. The largest absolute Gasteiger partial charge is 0.497 e. The van der Waals surface area contributed by atoms with Gasteiger partial charge in [0.15, 0.2) is 0 Å². The second kappa shape index (κ2) is 5.48. The van der Waals surface area contributed by atoms with Crippen LogP contribution in [0.3, 0.4) is 0 Å². The Morgan fingerprint density at radius 1 is 1.35 bits per heavy atom. The highest BCUT2D eigenvalue weighted by molar-refractivity contribution is 9.10. The summed E-state index contributed by atoms with van der Waals surface area (Å²) in [6.45, 7) is 6.54. The van der Waals surface area contributed by atoms with Crippen molar-refractivity contribution in [1.29, 1.82) is 0 Å². The van der Waals surface area contributed by atoms with Crippen molar-refractivity contribution in [2.75, 3.05) is 12.8 Å². The molecule has 2 rings (SSSR count). The van der Waals surface area contributed by atoms with Gasteiger partial charge in [-0.25, -0.2) is 4.68 Å². The average Bonchev–Trinajstić information content (AvgIpc) is 2.65. The van der Waals surface area contributed by atoms with Crippen LogP contribution >= 0.6 is 15.9 Å². The van der Waals surface area contributed by atoms with Crippen LogP contribution in [-0.2, 0) is 6.42 Å². The Morgan fingerprint density at radius 3 is 2.65 bits per heavy atom. The molecule has 0 aliphatic carbocycles. The summed E-state index contributed by atoms with van der Waals surface area (Å²) in [5.41, 5.74) is 8.18. The zero-order valence-corrected chi connectivity index (χ0v) is 13.9. The fourth-order valence-corrected chi connectivity index (χ4v) is 2.40. The van der Waals surface area contributed by atoms with E-state index in [0.717, 1.165) is 28.0 Å². The van der Waals surface area contributed by atoms with Crippen LogP contribution in [0, 0.1) is 5.41 Å². The smallest absolute Gasteiger partial charge is 0.141 e. The first-order valence-corrected chi connectivity index (χ1v) is 7.28. The maximum atomic E-state index is 6.16. The minimum Gasteiger partial charge on any atom is -0.497 e. The van der Waals surface area contributed by atoms with Gasteiger partial charge >= 0.3 is 0 Å². The van der Waals surface area contributed by atoms with Crippen LogP contribution in [-0.4, -0.2) is 16.9 Å². The predicted molar refractivity (Wildman–Crippen MR) is 85.4 cm³/mol. The van der Waals surface area contributed by atoms with Gasteiger partial charge in [-0.1, -0.05) is 26.8 Å². The topological polar surface area (TPSA) is 53.1 Å². The van der Waals surface area contributed by atoms with E-state index in [1.807, 2.05) is 24.3 Å². The average molecular weight is 338 g/mol. The number of nitrogens with two attached hydrogens (primary N) is 1. The molecule has 0 spiro atoms. The number of aromatic nitrogens is 2. The molecular weight excluding hydrogens is 318 g/mol. The lowest BCUT2D eigenvalue weighted by molar-refractivity contribution is 0.404. The standard InChI is InChI=1S/C15H20BrN3O/c1-15(2,3)9-12-13(16)14(17)19(18-12)10-6-5-7-11(8-10)20-4/h5-8H,9,17H2,1-4H3. The van der Waals surface area contributed by atoms with Gasteiger partial charge in [0.05, 0.1) is 23.0 Å². The highest BCUT2D eigenvalue weighted by Gasteiger charge is 2.20. The first kappa shape index (κ1) is 14.9. The fourth-order valence-electron chi connectivity index (χ4n) is 2.01. The lowest BCUT2D eigenvalue weighted by Crippen LogP contribution is -2.10. The number of nitrogens with zero attached hydrogens (tertiary/aromatic N) is 2. The lowest BCUT2D eigenvalue weighted by atomic mass is 9.91. The third-order valence-corrected chi connectivity index (χ3v) is 3.79. The summed E-state index contributed by atoms with van der Waals surface area (Å²) in [6.07, 6.45) is 0.856. The molecule has 1 aromatic carbocycles. The van der Waals surface area contributed by atoms with Crippen molar-refractivity contribution in [3.8, 4) is 11.4 Å². The molecule has 2 aromatic rings. The van der Waals surface area contributed by atoms with Crippen LogP contribution in [0.2, 0.25) is 0 Å². The van der Waals surface area contributed by atoms with Gasteiger partial charge in [-0.15, -0.1) is 0 Å². The molecule has 0 saturated carbocycles. The first-order chi connectivity index (χ1) is 9.31. The Morgan fingerprint density at radius 2 is 2.05 bits per heavy atom. The van der Waals surface area contributed by atoms with E-state index in [0.29, 0.717) is 5.82 Å². The molecule has 4 nitrogen and oxygen atoms in total.